The second-order valence-corrected chi connectivity index (χ2v) is 4.65. The number of furan rings is 1. The summed E-state index contributed by atoms with van der Waals surface area (Å²) in [6.07, 6.45) is 2.46. The van der Waals surface area contributed by atoms with Crippen LogP contribution in [0.2, 0.25) is 5.02 Å². The van der Waals surface area contributed by atoms with Gasteiger partial charge in [0.25, 0.3) is 0 Å². The van der Waals surface area contributed by atoms with Gasteiger partial charge in [-0.15, -0.1) is 0 Å². The third kappa shape index (κ3) is 2.27. The van der Waals surface area contributed by atoms with Crippen LogP contribution in [0.25, 0.3) is 11.3 Å². The molecule has 0 spiro atoms. The lowest BCUT2D eigenvalue weighted by molar-refractivity contribution is 0.582. The maximum absolute atomic E-state index is 6.06. The largest absolute Gasteiger partial charge is 0.464 e. The number of nitrogens with one attached hydrogen (secondary N) is 1. The molecular weight excluding hydrogens is 248 g/mol. The van der Waals surface area contributed by atoms with E-state index in [2.05, 4.69) is 10.3 Å². The summed E-state index contributed by atoms with van der Waals surface area (Å²) >= 11 is 6.06. The number of rotatable bonds is 3. The Morgan fingerprint density at radius 2 is 2.28 bits per heavy atom. The van der Waals surface area contributed by atoms with Gasteiger partial charge in [-0.1, -0.05) is 17.7 Å². The fraction of sp³-hybridized carbons (Fsp3) is 0.214. The van der Waals surface area contributed by atoms with Gasteiger partial charge in [0.2, 0.25) is 0 Å². The van der Waals surface area contributed by atoms with Gasteiger partial charge in [0.05, 0.1) is 12.8 Å². The molecule has 1 N–H and O–H groups in total. The maximum atomic E-state index is 6.06. The van der Waals surface area contributed by atoms with Crippen molar-refractivity contribution in [1.29, 1.82) is 0 Å². The zero-order chi connectivity index (χ0) is 12.4. The van der Waals surface area contributed by atoms with Crippen LogP contribution in [-0.2, 0) is 6.42 Å². The molecule has 0 unspecified atom stereocenters. The minimum Gasteiger partial charge on any atom is -0.464 e. The van der Waals surface area contributed by atoms with E-state index in [1.807, 2.05) is 30.3 Å². The van der Waals surface area contributed by atoms with Crippen LogP contribution in [0.15, 0.2) is 46.0 Å². The Hall–Kier alpha value is -1.74. The maximum Gasteiger partial charge on any atom is 0.134 e. The average molecular weight is 261 g/mol. The number of nitrogens with zero attached hydrogens (tertiary/aromatic N) is 1. The van der Waals surface area contributed by atoms with E-state index in [4.69, 9.17) is 16.0 Å². The normalized spacial score (nSPS) is 14.4. The van der Waals surface area contributed by atoms with Gasteiger partial charge in [-0.05, 0) is 29.8 Å². The number of benzene rings is 1. The molecule has 1 aromatic heterocycles. The van der Waals surface area contributed by atoms with E-state index in [0.29, 0.717) is 5.02 Å². The molecule has 92 valence electrons. The molecule has 18 heavy (non-hydrogen) atoms. The first-order valence-electron chi connectivity index (χ1n) is 5.92. The molecule has 0 amide bonds. The van der Waals surface area contributed by atoms with Crippen LogP contribution >= 0.6 is 11.6 Å². The van der Waals surface area contributed by atoms with Crippen molar-refractivity contribution in [3.8, 4) is 11.3 Å². The molecular formula is C14H13ClN2O. The number of amidine groups is 1. The minimum atomic E-state index is 0.714. The standard InChI is InChI=1S/C14H13ClN2O/c15-11-4-3-10(8-14-16-5-6-17-14)12(9-11)13-2-1-7-18-13/h1-4,7,9H,5-6,8H2,(H,16,17). The van der Waals surface area contributed by atoms with Crippen LogP contribution in [0.4, 0.5) is 0 Å². The first-order valence-corrected chi connectivity index (χ1v) is 6.30. The predicted molar refractivity (Wildman–Crippen MR) is 73.2 cm³/mol. The lowest BCUT2D eigenvalue weighted by atomic mass is 10.0. The lowest BCUT2D eigenvalue weighted by Crippen LogP contribution is -2.20. The van der Waals surface area contributed by atoms with E-state index < -0.39 is 0 Å². The van der Waals surface area contributed by atoms with E-state index >= 15 is 0 Å². The van der Waals surface area contributed by atoms with Crippen molar-refractivity contribution >= 4 is 17.4 Å². The minimum absolute atomic E-state index is 0.714. The third-order valence-electron chi connectivity index (χ3n) is 2.96. The molecule has 1 aliphatic rings. The van der Waals surface area contributed by atoms with Crippen LogP contribution in [-0.4, -0.2) is 18.9 Å². The van der Waals surface area contributed by atoms with Gasteiger partial charge >= 0.3 is 0 Å². The molecule has 4 heteroatoms. The Bertz CT molecular complexity index is 575. The molecule has 0 saturated carbocycles. The van der Waals surface area contributed by atoms with Crippen molar-refractivity contribution in [2.24, 2.45) is 4.99 Å². The summed E-state index contributed by atoms with van der Waals surface area (Å²) in [7, 11) is 0. The average Bonchev–Trinajstić information content (AvgIpc) is 3.04. The molecule has 2 aromatic rings. The Kier molecular flexibility index (Phi) is 3.07. The Labute approximate surface area is 110 Å². The van der Waals surface area contributed by atoms with Gasteiger partial charge in [-0.25, -0.2) is 0 Å². The topological polar surface area (TPSA) is 37.5 Å². The number of halogens is 1. The first kappa shape index (κ1) is 11.4. The second kappa shape index (κ2) is 4.86. The summed E-state index contributed by atoms with van der Waals surface area (Å²) in [5, 5.41) is 3.99. The van der Waals surface area contributed by atoms with Crippen LogP contribution in [0.1, 0.15) is 5.56 Å². The molecule has 2 heterocycles. The lowest BCUT2D eigenvalue weighted by Gasteiger charge is -2.08. The van der Waals surface area contributed by atoms with E-state index in [-0.39, 0.29) is 0 Å². The quantitative estimate of drug-likeness (QED) is 0.921. The highest BCUT2D eigenvalue weighted by molar-refractivity contribution is 6.30. The zero-order valence-corrected chi connectivity index (χ0v) is 10.6. The Balaban J connectivity index is 1.98. The van der Waals surface area contributed by atoms with Gasteiger partial charge < -0.3 is 9.73 Å². The SMILES string of the molecule is Clc1ccc(CC2=NCCN2)c(-c2ccco2)c1. The van der Waals surface area contributed by atoms with Crippen molar-refractivity contribution in [1.82, 2.24) is 5.32 Å². The van der Waals surface area contributed by atoms with Crippen LogP contribution < -0.4 is 5.32 Å². The molecule has 0 radical (unpaired) electrons. The van der Waals surface area contributed by atoms with Crippen molar-refractivity contribution in [3.63, 3.8) is 0 Å². The molecule has 0 saturated heterocycles. The second-order valence-electron chi connectivity index (χ2n) is 4.21. The summed E-state index contributed by atoms with van der Waals surface area (Å²) in [5.41, 5.74) is 2.20. The highest BCUT2D eigenvalue weighted by Crippen LogP contribution is 2.28. The van der Waals surface area contributed by atoms with E-state index in [1.54, 1.807) is 6.26 Å². The summed E-state index contributed by atoms with van der Waals surface area (Å²) in [6.45, 7) is 1.79. The van der Waals surface area contributed by atoms with Gasteiger partial charge in [-0.2, -0.15) is 0 Å². The molecule has 0 atom stereocenters. The van der Waals surface area contributed by atoms with Crippen LogP contribution in [0.5, 0.6) is 0 Å². The van der Waals surface area contributed by atoms with Crippen LogP contribution in [0.3, 0.4) is 0 Å². The van der Waals surface area contributed by atoms with Crippen molar-refractivity contribution in [2.45, 2.75) is 6.42 Å². The summed E-state index contributed by atoms with van der Waals surface area (Å²) < 4.78 is 5.46. The van der Waals surface area contributed by atoms with Gasteiger partial charge in [0.15, 0.2) is 0 Å². The first-order chi connectivity index (χ1) is 8.83. The van der Waals surface area contributed by atoms with E-state index in [1.165, 1.54) is 5.56 Å². The number of hydrogen-bond acceptors (Lipinski definition) is 3. The van der Waals surface area contributed by atoms with Gasteiger partial charge in [-0.3, -0.25) is 4.99 Å². The fourth-order valence-electron chi connectivity index (χ4n) is 2.11. The van der Waals surface area contributed by atoms with E-state index in [0.717, 1.165) is 36.7 Å². The summed E-state index contributed by atoms with van der Waals surface area (Å²) in [5.74, 6) is 1.87. The van der Waals surface area contributed by atoms with Crippen molar-refractivity contribution in [2.75, 3.05) is 13.1 Å². The number of aliphatic imine (C=N–C) groups is 1. The monoisotopic (exact) mass is 260 g/mol. The van der Waals surface area contributed by atoms with E-state index in [9.17, 15) is 0 Å². The highest BCUT2D eigenvalue weighted by atomic mass is 35.5. The molecule has 3 nitrogen and oxygen atoms in total. The molecule has 1 aromatic carbocycles. The molecule has 0 aliphatic carbocycles. The zero-order valence-electron chi connectivity index (χ0n) is 9.82. The van der Waals surface area contributed by atoms with Gasteiger partial charge in [0, 0.05) is 23.6 Å². The predicted octanol–water partition coefficient (Wildman–Crippen LogP) is 3.14. The molecule has 0 fully saturated rings. The molecule has 3 rings (SSSR count). The van der Waals surface area contributed by atoms with Crippen molar-refractivity contribution < 1.29 is 4.42 Å². The molecule has 0 bridgehead atoms. The molecule has 1 aliphatic heterocycles. The fourth-order valence-corrected chi connectivity index (χ4v) is 2.28. The van der Waals surface area contributed by atoms with Gasteiger partial charge in [0.1, 0.15) is 11.6 Å². The number of hydrogen-bond donors (Lipinski definition) is 1. The third-order valence-corrected chi connectivity index (χ3v) is 3.20. The highest BCUT2D eigenvalue weighted by Gasteiger charge is 2.12. The summed E-state index contributed by atoms with van der Waals surface area (Å²) in [4.78, 5) is 4.42. The smallest absolute Gasteiger partial charge is 0.134 e. The Morgan fingerprint density at radius 1 is 1.33 bits per heavy atom. The Morgan fingerprint density at radius 3 is 3.00 bits per heavy atom. The van der Waals surface area contributed by atoms with Crippen LogP contribution in [0, 0.1) is 0 Å². The van der Waals surface area contributed by atoms with Crippen molar-refractivity contribution in [3.05, 3.63) is 47.2 Å². The summed E-state index contributed by atoms with van der Waals surface area (Å²) in [6, 6.07) is 9.69.